The van der Waals surface area contributed by atoms with Crippen molar-refractivity contribution < 1.29 is 8.94 Å². The molecule has 2 aromatic heterocycles. The van der Waals surface area contributed by atoms with Crippen molar-refractivity contribution in [3.8, 4) is 0 Å². The molecule has 0 aromatic carbocycles. The molecule has 5 nitrogen and oxygen atoms in total. The van der Waals surface area contributed by atoms with Crippen molar-refractivity contribution in [3.05, 3.63) is 24.7 Å². The quantitative estimate of drug-likeness (QED) is 0.645. The van der Waals surface area contributed by atoms with Crippen LogP contribution >= 0.6 is 0 Å². The first kappa shape index (κ1) is 5.96. The predicted octanol–water partition coefficient (Wildman–Crippen LogP) is 1.23. The van der Waals surface area contributed by atoms with Gasteiger partial charge in [0.2, 0.25) is 11.7 Å². The van der Waals surface area contributed by atoms with E-state index in [9.17, 15) is 0 Å². The van der Waals surface area contributed by atoms with Crippen LogP contribution in [0.4, 0.5) is 11.7 Å². The molecular weight excluding hydrogens is 146 g/mol. The van der Waals surface area contributed by atoms with Gasteiger partial charge in [0, 0.05) is 11.3 Å². The van der Waals surface area contributed by atoms with Gasteiger partial charge in [-0.3, -0.25) is 0 Å². The summed E-state index contributed by atoms with van der Waals surface area (Å²) < 4.78 is 9.40. The molecule has 0 bridgehead atoms. The Labute approximate surface area is 62.0 Å². The zero-order chi connectivity index (χ0) is 7.52. The van der Waals surface area contributed by atoms with Gasteiger partial charge < -0.3 is 8.94 Å². The van der Waals surface area contributed by atoms with Crippen molar-refractivity contribution in [2.24, 2.45) is 0 Å². The van der Waals surface area contributed by atoms with Crippen molar-refractivity contribution in [1.29, 1.82) is 0 Å². The second kappa shape index (κ2) is 2.45. The molecule has 0 unspecified atom stereocenters. The van der Waals surface area contributed by atoms with Crippen LogP contribution < -0.4 is 5.32 Å². The van der Waals surface area contributed by atoms with Crippen molar-refractivity contribution >= 4 is 11.7 Å². The van der Waals surface area contributed by atoms with E-state index in [-0.39, 0.29) is 0 Å². The second-order valence-electron chi connectivity index (χ2n) is 1.83. The van der Waals surface area contributed by atoms with Crippen LogP contribution in [0, 0.1) is 0 Å². The summed E-state index contributed by atoms with van der Waals surface area (Å²) in [5.74, 6) is 0.889. The van der Waals surface area contributed by atoms with Gasteiger partial charge in [-0.1, -0.05) is 5.10 Å². The van der Waals surface area contributed by atoms with Gasteiger partial charge in [-0.15, -0.1) is 0 Å². The molecule has 0 aliphatic heterocycles. The lowest BCUT2D eigenvalue weighted by atomic mass is 10.6. The van der Waals surface area contributed by atoms with Crippen LogP contribution in [-0.2, 0) is 0 Å². The molecule has 5 heteroatoms. The molecule has 0 aliphatic carbocycles. The first-order valence-corrected chi connectivity index (χ1v) is 2.97. The van der Waals surface area contributed by atoms with E-state index in [4.69, 9.17) is 4.42 Å². The molecule has 2 rings (SSSR count). The summed E-state index contributed by atoms with van der Waals surface area (Å²) >= 11 is 0. The van der Waals surface area contributed by atoms with Crippen molar-refractivity contribution in [2.45, 2.75) is 0 Å². The normalized spacial score (nSPS) is 9.82. The van der Waals surface area contributed by atoms with Gasteiger partial charge in [-0.2, -0.15) is 5.32 Å². The first-order valence-electron chi connectivity index (χ1n) is 2.97. The van der Waals surface area contributed by atoms with Crippen LogP contribution in [0.3, 0.4) is 0 Å². The molecule has 1 radical (unpaired) electrons. The summed E-state index contributed by atoms with van der Waals surface area (Å²) in [4.78, 5) is 0. The largest absolute Gasteiger partial charge is 0.447 e. The highest BCUT2D eigenvalue weighted by Gasteiger charge is 2.01. The van der Waals surface area contributed by atoms with Crippen LogP contribution in [0.15, 0.2) is 33.6 Å². The molecule has 55 valence electrons. The Morgan fingerprint density at radius 3 is 3.09 bits per heavy atom. The molecule has 2 heterocycles. The summed E-state index contributed by atoms with van der Waals surface area (Å²) in [5, 5.41) is 10.7. The van der Waals surface area contributed by atoms with Crippen LogP contribution in [0.5, 0.6) is 0 Å². The van der Waals surface area contributed by atoms with E-state index in [1.807, 2.05) is 0 Å². The number of nitrogens with zero attached hydrogens (tertiary/aromatic N) is 3. The summed E-state index contributed by atoms with van der Waals surface area (Å²) in [6.45, 7) is 0. The van der Waals surface area contributed by atoms with Gasteiger partial charge in [0.25, 0.3) is 0 Å². The number of hydrogen-bond donors (Lipinski definition) is 0. The zero-order valence-electron chi connectivity index (χ0n) is 5.47. The molecule has 0 fully saturated rings. The zero-order valence-corrected chi connectivity index (χ0v) is 5.47. The summed E-state index contributed by atoms with van der Waals surface area (Å²) in [7, 11) is 0. The predicted molar refractivity (Wildman–Crippen MR) is 34.5 cm³/mol. The van der Waals surface area contributed by atoms with Gasteiger partial charge in [0.05, 0.1) is 6.26 Å². The molecule has 0 N–H and O–H groups in total. The highest BCUT2D eigenvalue weighted by Crippen LogP contribution is 2.13. The van der Waals surface area contributed by atoms with Crippen LogP contribution in [-0.4, -0.2) is 10.4 Å². The number of rotatable bonds is 2. The molecular formula is C6H4N3O2. The Morgan fingerprint density at radius 2 is 2.45 bits per heavy atom. The van der Waals surface area contributed by atoms with Gasteiger partial charge in [-0.05, 0) is 6.07 Å². The maximum Gasteiger partial charge on any atom is 0.220 e. The van der Waals surface area contributed by atoms with E-state index < -0.39 is 0 Å². The Bertz CT molecular complexity index is 268. The molecule has 11 heavy (non-hydrogen) atoms. The van der Waals surface area contributed by atoms with Gasteiger partial charge in [0.1, 0.15) is 0 Å². The van der Waals surface area contributed by atoms with Crippen molar-refractivity contribution in [3.63, 3.8) is 0 Å². The Balaban J connectivity index is 2.14. The number of hydrogen-bond acceptors (Lipinski definition) is 4. The second-order valence-corrected chi connectivity index (χ2v) is 1.83. The van der Waals surface area contributed by atoms with Crippen molar-refractivity contribution in [2.75, 3.05) is 0 Å². The summed E-state index contributed by atoms with van der Waals surface area (Å²) in [6.07, 6.45) is 2.87. The maximum absolute atomic E-state index is 4.93. The standard InChI is InChI=1S/C6H4N3O2/c1-2-6(10-3-1)7-5-4-11-9-8-5/h1-4H. The Hall–Kier alpha value is -1.78. The molecule has 0 amide bonds. The van der Waals surface area contributed by atoms with Gasteiger partial charge >= 0.3 is 0 Å². The van der Waals surface area contributed by atoms with E-state index in [2.05, 4.69) is 20.2 Å². The van der Waals surface area contributed by atoms with Crippen LogP contribution in [0.25, 0.3) is 0 Å². The van der Waals surface area contributed by atoms with E-state index in [0.29, 0.717) is 11.7 Å². The van der Waals surface area contributed by atoms with Crippen molar-refractivity contribution in [1.82, 2.24) is 15.7 Å². The Morgan fingerprint density at radius 1 is 1.45 bits per heavy atom. The SMILES string of the molecule is c1coc([N]c2conn2)c1. The molecule has 2 aromatic rings. The fourth-order valence-electron chi connectivity index (χ4n) is 0.655. The number of furan rings is 1. The monoisotopic (exact) mass is 150 g/mol. The van der Waals surface area contributed by atoms with Gasteiger partial charge in [-0.25, -0.2) is 0 Å². The van der Waals surface area contributed by atoms with E-state index >= 15 is 0 Å². The van der Waals surface area contributed by atoms with Crippen LogP contribution in [0.2, 0.25) is 0 Å². The minimum atomic E-state index is 0.403. The average molecular weight is 150 g/mol. The lowest BCUT2D eigenvalue weighted by Gasteiger charge is -1.87. The molecule has 0 saturated carbocycles. The Kier molecular flexibility index (Phi) is 1.33. The van der Waals surface area contributed by atoms with Gasteiger partial charge in [0.15, 0.2) is 6.26 Å². The minimum Gasteiger partial charge on any atom is -0.447 e. The highest BCUT2D eigenvalue weighted by atomic mass is 16.5. The smallest absolute Gasteiger partial charge is 0.220 e. The summed E-state index contributed by atoms with van der Waals surface area (Å²) in [6, 6.07) is 3.46. The molecule has 0 saturated heterocycles. The van der Waals surface area contributed by atoms with Crippen LogP contribution in [0.1, 0.15) is 0 Å². The lowest BCUT2D eigenvalue weighted by Crippen LogP contribution is -1.85. The lowest BCUT2D eigenvalue weighted by molar-refractivity contribution is 0.393. The molecule has 0 spiro atoms. The third-order valence-electron chi connectivity index (χ3n) is 1.08. The number of aromatic nitrogens is 2. The van der Waals surface area contributed by atoms with E-state index in [1.165, 1.54) is 12.5 Å². The van der Waals surface area contributed by atoms with E-state index in [0.717, 1.165) is 0 Å². The third-order valence-corrected chi connectivity index (χ3v) is 1.08. The first-order chi connectivity index (χ1) is 5.45. The summed E-state index contributed by atoms with van der Waals surface area (Å²) in [5.41, 5.74) is 0. The molecule has 0 atom stereocenters. The average Bonchev–Trinajstić information content (AvgIpc) is 2.60. The fourth-order valence-corrected chi connectivity index (χ4v) is 0.655. The maximum atomic E-state index is 4.93. The topological polar surface area (TPSA) is 66.2 Å². The van der Waals surface area contributed by atoms with E-state index in [1.54, 1.807) is 12.1 Å². The highest BCUT2D eigenvalue weighted by molar-refractivity contribution is 5.33. The molecule has 0 aliphatic rings. The minimum absolute atomic E-state index is 0.403. The third kappa shape index (κ3) is 1.21. The fraction of sp³-hybridized carbons (Fsp3) is 0.